The lowest BCUT2D eigenvalue weighted by Crippen LogP contribution is -2.50. The van der Waals surface area contributed by atoms with Crippen LogP contribution in [-0.2, 0) is 10.0 Å². The van der Waals surface area contributed by atoms with Crippen molar-refractivity contribution in [3.05, 3.63) is 28.3 Å². The van der Waals surface area contributed by atoms with Crippen LogP contribution in [0.5, 0.6) is 5.75 Å². The Labute approximate surface area is 129 Å². The van der Waals surface area contributed by atoms with Gasteiger partial charge in [0.1, 0.15) is 0 Å². The van der Waals surface area contributed by atoms with Crippen molar-refractivity contribution in [1.82, 2.24) is 10.0 Å². The summed E-state index contributed by atoms with van der Waals surface area (Å²) < 4.78 is 32.3. The van der Waals surface area contributed by atoms with Crippen molar-refractivity contribution < 1.29 is 18.1 Å². The van der Waals surface area contributed by atoms with Crippen LogP contribution >= 0.6 is 0 Å². The van der Waals surface area contributed by atoms with E-state index in [0.717, 1.165) is 19.0 Å². The van der Waals surface area contributed by atoms with E-state index in [4.69, 9.17) is 4.74 Å². The quantitative estimate of drug-likeness (QED) is 0.613. The molecule has 2 N–H and O–H groups in total. The van der Waals surface area contributed by atoms with Crippen LogP contribution in [-0.4, -0.2) is 39.6 Å². The zero-order valence-corrected chi connectivity index (χ0v) is 13.2. The van der Waals surface area contributed by atoms with Gasteiger partial charge in [-0.1, -0.05) is 6.92 Å². The molecule has 0 bridgehead atoms. The third-order valence-corrected chi connectivity index (χ3v) is 5.28. The zero-order chi connectivity index (χ0) is 16.3. The SMILES string of the molecule is COc1ccc(S(=O)(=O)NC2CNCCC2C)cc1[N+](=O)[O-]. The fraction of sp³-hybridized carbons (Fsp3) is 0.538. The number of benzene rings is 1. The van der Waals surface area contributed by atoms with Gasteiger partial charge in [-0.25, -0.2) is 13.1 Å². The lowest BCUT2D eigenvalue weighted by Gasteiger charge is -2.29. The monoisotopic (exact) mass is 329 g/mol. The van der Waals surface area contributed by atoms with Gasteiger partial charge in [0, 0.05) is 18.7 Å². The van der Waals surface area contributed by atoms with Gasteiger partial charge >= 0.3 is 5.69 Å². The summed E-state index contributed by atoms with van der Waals surface area (Å²) in [6.07, 6.45) is 0.871. The highest BCUT2D eigenvalue weighted by Gasteiger charge is 2.28. The standard InChI is InChI=1S/C13H19N3O5S/c1-9-5-6-14-8-11(9)15-22(19,20)10-3-4-13(21-2)12(7-10)16(17)18/h3-4,7,9,11,14-15H,5-6,8H2,1-2H3. The van der Waals surface area contributed by atoms with Crippen molar-refractivity contribution in [2.24, 2.45) is 5.92 Å². The number of nitrogens with zero attached hydrogens (tertiary/aromatic N) is 1. The highest BCUT2D eigenvalue weighted by Crippen LogP contribution is 2.29. The summed E-state index contributed by atoms with van der Waals surface area (Å²) in [6.45, 7) is 3.37. The van der Waals surface area contributed by atoms with Crippen LogP contribution in [0.4, 0.5) is 5.69 Å². The van der Waals surface area contributed by atoms with Crippen LogP contribution in [0.1, 0.15) is 13.3 Å². The van der Waals surface area contributed by atoms with Gasteiger partial charge in [-0.05, 0) is 31.0 Å². The molecule has 0 radical (unpaired) electrons. The van der Waals surface area contributed by atoms with Crippen LogP contribution < -0.4 is 14.8 Å². The van der Waals surface area contributed by atoms with Crippen LogP contribution in [0.25, 0.3) is 0 Å². The van der Waals surface area contributed by atoms with Gasteiger partial charge in [-0.3, -0.25) is 10.1 Å². The maximum Gasteiger partial charge on any atom is 0.312 e. The van der Waals surface area contributed by atoms with E-state index in [1.54, 1.807) is 0 Å². The van der Waals surface area contributed by atoms with Crippen molar-refractivity contribution in [3.63, 3.8) is 0 Å². The van der Waals surface area contributed by atoms with Crippen molar-refractivity contribution in [1.29, 1.82) is 0 Å². The molecule has 0 aromatic heterocycles. The number of ether oxygens (including phenoxy) is 1. The molecule has 2 unspecified atom stereocenters. The molecule has 22 heavy (non-hydrogen) atoms. The van der Waals surface area contributed by atoms with Crippen LogP contribution in [0.2, 0.25) is 0 Å². The molecule has 8 nitrogen and oxygen atoms in total. The fourth-order valence-corrected chi connectivity index (χ4v) is 3.76. The predicted octanol–water partition coefficient (Wildman–Crippen LogP) is 0.880. The van der Waals surface area contributed by atoms with Crippen LogP contribution in [0.15, 0.2) is 23.1 Å². The van der Waals surface area contributed by atoms with E-state index in [0.29, 0.717) is 6.54 Å². The Morgan fingerprint density at radius 2 is 2.18 bits per heavy atom. The summed E-state index contributed by atoms with van der Waals surface area (Å²) in [6, 6.07) is 3.37. The fourth-order valence-electron chi connectivity index (χ4n) is 2.39. The maximum atomic E-state index is 12.4. The molecular weight excluding hydrogens is 310 g/mol. The molecule has 0 spiro atoms. The second kappa shape index (κ2) is 6.59. The maximum absolute atomic E-state index is 12.4. The summed E-state index contributed by atoms with van der Waals surface area (Å²) in [5, 5.41) is 14.1. The van der Waals surface area contributed by atoms with Gasteiger partial charge in [0.2, 0.25) is 10.0 Å². The number of nitrogens with one attached hydrogen (secondary N) is 2. The lowest BCUT2D eigenvalue weighted by molar-refractivity contribution is -0.386. The molecule has 0 aliphatic carbocycles. The average Bonchev–Trinajstić information content (AvgIpc) is 2.48. The van der Waals surface area contributed by atoms with E-state index in [1.165, 1.54) is 19.2 Å². The first-order chi connectivity index (χ1) is 10.3. The molecule has 9 heteroatoms. The molecule has 1 aliphatic rings. The van der Waals surface area contributed by atoms with E-state index in [2.05, 4.69) is 10.0 Å². The first-order valence-corrected chi connectivity index (χ1v) is 8.39. The normalized spacial score (nSPS) is 22.3. The molecule has 2 atom stereocenters. The van der Waals surface area contributed by atoms with Crippen LogP contribution in [0.3, 0.4) is 0 Å². The van der Waals surface area contributed by atoms with E-state index in [-0.39, 0.29) is 28.3 Å². The smallest absolute Gasteiger partial charge is 0.312 e. The Morgan fingerprint density at radius 3 is 2.77 bits per heavy atom. The van der Waals surface area contributed by atoms with E-state index >= 15 is 0 Å². The Hall–Kier alpha value is -1.71. The van der Waals surface area contributed by atoms with Gasteiger partial charge < -0.3 is 10.1 Å². The third kappa shape index (κ3) is 3.54. The number of hydrogen-bond donors (Lipinski definition) is 2. The minimum Gasteiger partial charge on any atom is -0.490 e. The van der Waals surface area contributed by atoms with Crippen molar-refractivity contribution >= 4 is 15.7 Å². The second-order valence-corrected chi connectivity index (χ2v) is 7.00. The number of sulfonamides is 1. The molecule has 1 aromatic carbocycles. The zero-order valence-electron chi connectivity index (χ0n) is 12.4. The number of rotatable bonds is 5. The molecule has 1 aromatic rings. The second-order valence-electron chi connectivity index (χ2n) is 5.29. The molecule has 1 fully saturated rings. The Bertz CT molecular complexity index is 662. The van der Waals surface area contributed by atoms with Crippen molar-refractivity contribution in [2.75, 3.05) is 20.2 Å². The molecule has 122 valence electrons. The molecule has 0 saturated carbocycles. The van der Waals surface area contributed by atoms with Gasteiger partial charge in [-0.2, -0.15) is 0 Å². The third-order valence-electron chi connectivity index (χ3n) is 3.79. The van der Waals surface area contributed by atoms with Crippen molar-refractivity contribution in [2.45, 2.75) is 24.3 Å². The molecule has 1 aliphatic heterocycles. The highest BCUT2D eigenvalue weighted by molar-refractivity contribution is 7.89. The summed E-state index contributed by atoms with van der Waals surface area (Å²) in [4.78, 5) is 10.2. The number of nitro groups is 1. The van der Waals surface area contributed by atoms with Crippen molar-refractivity contribution in [3.8, 4) is 5.75 Å². The summed E-state index contributed by atoms with van der Waals surface area (Å²) in [5.41, 5.74) is -0.375. The Morgan fingerprint density at radius 1 is 1.45 bits per heavy atom. The summed E-state index contributed by atoms with van der Waals surface area (Å²) in [7, 11) is -2.53. The largest absolute Gasteiger partial charge is 0.490 e. The highest BCUT2D eigenvalue weighted by atomic mass is 32.2. The summed E-state index contributed by atoms with van der Waals surface area (Å²) >= 11 is 0. The first-order valence-electron chi connectivity index (χ1n) is 6.90. The minimum absolute atomic E-state index is 0.0247. The molecule has 1 heterocycles. The lowest BCUT2D eigenvalue weighted by atomic mass is 9.96. The van der Waals surface area contributed by atoms with Gasteiger partial charge in [0.25, 0.3) is 0 Å². The topological polar surface area (TPSA) is 111 Å². The number of nitro benzene ring substituents is 1. The average molecular weight is 329 g/mol. The molecule has 0 amide bonds. The number of piperidine rings is 1. The molecular formula is C13H19N3O5S. The number of methoxy groups -OCH3 is 1. The van der Waals surface area contributed by atoms with E-state index in [9.17, 15) is 18.5 Å². The number of hydrogen-bond acceptors (Lipinski definition) is 6. The molecule has 1 saturated heterocycles. The first kappa shape index (κ1) is 16.7. The van der Waals surface area contributed by atoms with E-state index < -0.39 is 14.9 Å². The van der Waals surface area contributed by atoms with Crippen LogP contribution in [0, 0.1) is 16.0 Å². The summed E-state index contributed by atoms with van der Waals surface area (Å²) in [5.74, 6) is 0.223. The van der Waals surface area contributed by atoms with E-state index in [1.807, 2.05) is 6.92 Å². The Balaban J connectivity index is 2.29. The molecule has 2 rings (SSSR count). The van der Waals surface area contributed by atoms with Gasteiger partial charge in [0.15, 0.2) is 5.75 Å². The predicted molar refractivity (Wildman–Crippen MR) is 80.4 cm³/mol. The van der Waals surface area contributed by atoms with Gasteiger partial charge in [-0.15, -0.1) is 0 Å². The van der Waals surface area contributed by atoms with Gasteiger partial charge in [0.05, 0.1) is 16.9 Å². The Kier molecular flexibility index (Phi) is 4.99. The minimum atomic E-state index is -3.82.